The lowest BCUT2D eigenvalue weighted by atomic mass is 10.2. The summed E-state index contributed by atoms with van der Waals surface area (Å²) in [5, 5.41) is 14.8. The van der Waals surface area contributed by atoms with E-state index < -0.39 is 0 Å². The first-order valence-corrected chi connectivity index (χ1v) is 5.24. The van der Waals surface area contributed by atoms with Gasteiger partial charge in [-0.1, -0.05) is 6.07 Å². The third-order valence-electron chi connectivity index (χ3n) is 2.29. The molecule has 2 N–H and O–H groups in total. The van der Waals surface area contributed by atoms with Gasteiger partial charge in [-0.15, -0.1) is 0 Å². The molecule has 0 radical (unpaired) electrons. The first-order chi connectivity index (χ1) is 8.31. The number of aromatic nitrogens is 1. The molecule has 0 aliphatic rings. The summed E-state index contributed by atoms with van der Waals surface area (Å²) in [5.41, 5.74) is 1.55. The summed E-state index contributed by atoms with van der Waals surface area (Å²) in [5.74, 6) is 1.57. The van der Waals surface area contributed by atoms with Crippen LogP contribution >= 0.6 is 0 Å². The van der Waals surface area contributed by atoms with Crippen molar-refractivity contribution in [1.29, 1.82) is 5.26 Å². The molecule has 84 valence electrons. The normalized spacial score (nSPS) is 9.41. The standard InChI is InChI=1S/C13H12N4/c1-15-12-3-2-4-13(17-12)16-11-7-5-10(9-14)6-8-11/h2-8H,1H3,(H2,15,16,17). The zero-order chi connectivity index (χ0) is 12.1. The Balaban J connectivity index is 2.16. The van der Waals surface area contributed by atoms with E-state index in [1.165, 1.54) is 0 Å². The molecule has 0 unspecified atom stereocenters. The van der Waals surface area contributed by atoms with Crippen LogP contribution in [0.25, 0.3) is 0 Å². The van der Waals surface area contributed by atoms with Gasteiger partial charge in [-0.25, -0.2) is 4.98 Å². The molecule has 0 saturated carbocycles. The molecule has 2 aromatic rings. The minimum atomic E-state index is 0.646. The Labute approximate surface area is 99.9 Å². The van der Waals surface area contributed by atoms with E-state index in [4.69, 9.17) is 5.26 Å². The fraction of sp³-hybridized carbons (Fsp3) is 0.0769. The van der Waals surface area contributed by atoms with Crippen molar-refractivity contribution in [1.82, 2.24) is 4.98 Å². The molecule has 0 aliphatic heterocycles. The Bertz CT molecular complexity index is 540. The van der Waals surface area contributed by atoms with Gasteiger partial charge in [0.2, 0.25) is 0 Å². The van der Waals surface area contributed by atoms with Gasteiger partial charge in [0.1, 0.15) is 11.6 Å². The maximum atomic E-state index is 8.70. The topological polar surface area (TPSA) is 60.7 Å². The third-order valence-corrected chi connectivity index (χ3v) is 2.29. The predicted octanol–water partition coefficient (Wildman–Crippen LogP) is 2.74. The molecular formula is C13H12N4. The number of hydrogen-bond donors (Lipinski definition) is 2. The highest BCUT2D eigenvalue weighted by molar-refractivity contribution is 5.58. The Morgan fingerprint density at radius 1 is 1.06 bits per heavy atom. The summed E-state index contributed by atoms with van der Waals surface area (Å²) >= 11 is 0. The molecule has 0 bridgehead atoms. The van der Waals surface area contributed by atoms with Crippen molar-refractivity contribution in [3.63, 3.8) is 0 Å². The molecule has 0 atom stereocenters. The maximum Gasteiger partial charge on any atom is 0.132 e. The van der Waals surface area contributed by atoms with Crippen LogP contribution in [0.5, 0.6) is 0 Å². The number of hydrogen-bond acceptors (Lipinski definition) is 4. The van der Waals surface area contributed by atoms with Crippen LogP contribution in [0.3, 0.4) is 0 Å². The Kier molecular flexibility index (Phi) is 3.22. The lowest BCUT2D eigenvalue weighted by Gasteiger charge is -2.07. The van der Waals surface area contributed by atoms with Crippen molar-refractivity contribution in [3.8, 4) is 6.07 Å². The number of nitriles is 1. The van der Waals surface area contributed by atoms with Gasteiger partial charge in [0.15, 0.2) is 0 Å². The highest BCUT2D eigenvalue weighted by Gasteiger charge is 1.97. The van der Waals surface area contributed by atoms with Crippen molar-refractivity contribution < 1.29 is 0 Å². The van der Waals surface area contributed by atoms with Gasteiger partial charge in [0.05, 0.1) is 11.6 Å². The molecule has 2 rings (SSSR count). The molecule has 0 fully saturated rings. The largest absolute Gasteiger partial charge is 0.373 e. The van der Waals surface area contributed by atoms with E-state index in [0.717, 1.165) is 17.3 Å². The molecule has 4 heteroatoms. The highest BCUT2D eigenvalue weighted by Crippen LogP contribution is 2.16. The van der Waals surface area contributed by atoms with Crippen LogP contribution in [0.4, 0.5) is 17.3 Å². The average molecular weight is 224 g/mol. The van der Waals surface area contributed by atoms with Crippen molar-refractivity contribution in [3.05, 3.63) is 48.0 Å². The zero-order valence-electron chi connectivity index (χ0n) is 9.44. The summed E-state index contributed by atoms with van der Waals surface area (Å²) in [4.78, 5) is 4.34. The van der Waals surface area contributed by atoms with E-state index in [2.05, 4.69) is 21.7 Å². The van der Waals surface area contributed by atoms with E-state index in [0.29, 0.717) is 5.56 Å². The predicted molar refractivity (Wildman–Crippen MR) is 68.2 cm³/mol. The van der Waals surface area contributed by atoms with Gasteiger partial charge in [-0.2, -0.15) is 5.26 Å². The van der Waals surface area contributed by atoms with Crippen LogP contribution in [-0.2, 0) is 0 Å². The minimum Gasteiger partial charge on any atom is -0.373 e. The Hall–Kier alpha value is -2.54. The maximum absolute atomic E-state index is 8.70. The SMILES string of the molecule is CNc1cccc(Nc2ccc(C#N)cc2)n1. The third kappa shape index (κ3) is 2.73. The lowest BCUT2D eigenvalue weighted by Crippen LogP contribution is -1.97. The second kappa shape index (κ2) is 4.99. The minimum absolute atomic E-state index is 0.646. The molecule has 0 aliphatic carbocycles. The number of nitrogens with zero attached hydrogens (tertiary/aromatic N) is 2. The fourth-order valence-electron chi connectivity index (χ4n) is 1.42. The van der Waals surface area contributed by atoms with Crippen LogP contribution in [-0.4, -0.2) is 12.0 Å². The molecule has 0 amide bonds. The number of rotatable bonds is 3. The van der Waals surface area contributed by atoms with Gasteiger partial charge in [-0.05, 0) is 36.4 Å². The quantitative estimate of drug-likeness (QED) is 0.841. The number of pyridine rings is 1. The van der Waals surface area contributed by atoms with Gasteiger partial charge < -0.3 is 10.6 Å². The Morgan fingerprint density at radius 2 is 1.76 bits per heavy atom. The first-order valence-electron chi connectivity index (χ1n) is 5.24. The summed E-state index contributed by atoms with van der Waals surface area (Å²) < 4.78 is 0. The van der Waals surface area contributed by atoms with E-state index in [1.54, 1.807) is 12.1 Å². The van der Waals surface area contributed by atoms with E-state index in [1.807, 2.05) is 37.4 Å². The van der Waals surface area contributed by atoms with Gasteiger partial charge in [-0.3, -0.25) is 0 Å². The van der Waals surface area contributed by atoms with Crippen molar-refractivity contribution in [2.75, 3.05) is 17.7 Å². The second-order valence-electron chi connectivity index (χ2n) is 3.47. The average Bonchev–Trinajstić information content (AvgIpc) is 2.40. The van der Waals surface area contributed by atoms with E-state index in [-0.39, 0.29) is 0 Å². The molecule has 0 saturated heterocycles. The zero-order valence-corrected chi connectivity index (χ0v) is 9.44. The molecule has 4 nitrogen and oxygen atoms in total. The monoisotopic (exact) mass is 224 g/mol. The molecule has 17 heavy (non-hydrogen) atoms. The molecule has 1 aromatic heterocycles. The van der Waals surface area contributed by atoms with E-state index >= 15 is 0 Å². The first kappa shape index (κ1) is 11.0. The van der Waals surface area contributed by atoms with E-state index in [9.17, 15) is 0 Å². The van der Waals surface area contributed by atoms with Gasteiger partial charge >= 0.3 is 0 Å². The Morgan fingerprint density at radius 3 is 2.41 bits per heavy atom. The van der Waals surface area contributed by atoms with Crippen LogP contribution < -0.4 is 10.6 Å². The molecular weight excluding hydrogens is 212 g/mol. The lowest BCUT2D eigenvalue weighted by molar-refractivity contribution is 1.28. The molecule has 1 aromatic carbocycles. The summed E-state index contributed by atoms with van der Waals surface area (Å²) in [6.45, 7) is 0. The number of anilines is 3. The van der Waals surface area contributed by atoms with Crippen LogP contribution in [0.1, 0.15) is 5.56 Å². The summed E-state index contributed by atoms with van der Waals surface area (Å²) in [6.07, 6.45) is 0. The van der Waals surface area contributed by atoms with Crippen molar-refractivity contribution in [2.24, 2.45) is 0 Å². The van der Waals surface area contributed by atoms with Crippen molar-refractivity contribution in [2.45, 2.75) is 0 Å². The summed E-state index contributed by atoms with van der Waals surface area (Å²) in [6, 6.07) is 15.0. The molecule has 0 spiro atoms. The van der Waals surface area contributed by atoms with Crippen LogP contribution in [0, 0.1) is 11.3 Å². The number of benzene rings is 1. The second-order valence-corrected chi connectivity index (χ2v) is 3.47. The van der Waals surface area contributed by atoms with Gasteiger partial charge in [0, 0.05) is 12.7 Å². The highest BCUT2D eigenvalue weighted by atomic mass is 15.0. The van der Waals surface area contributed by atoms with Crippen LogP contribution in [0.15, 0.2) is 42.5 Å². The molecule has 1 heterocycles. The smallest absolute Gasteiger partial charge is 0.132 e. The van der Waals surface area contributed by atoms with Gasteiger partial charge in [0.25, 0.3) is 0 Å². The van der Waals surface area contributed by atoms with Crippen molar-refractivity contribution >= 4 is 17.3 Å². The number of nitrogens with one attached hydrogen (secondary N) is 2. The van der Waals surface area contributed by atoms with Crippen LogP contribution in [0.2, 0.25) is 0 Å². The summed E-state index contributed by atoms with van der Waals surface area (Å²) in [7, 11) is 1.83. The fourth-order valence-corrected chi connectivity index (χ4v) is 1.42.